The smallest absolute Gasteiger partial charge is 0.349 e. The van der Waals surface area contributed by atoms with Gasteiger partial charge in [0.15, 0.2) is 5.78 Å². The van der Waals surface area contributed by atoms with E-state index >= 15 is 0 Å². The van der Waals surface area contributed by atoms with E-state index in [1.54, 1.807) is 31.4 Å². The van der Waals surface area contributed by atoms with E-state index in [1.807, 2.05) is 20.5 Å². The number of nitrogens with zero attached hydrogens (tertiary/aromatic N) is 4. The van der Waals surface area contributed by atoms with Gasteiger partial charge in [0, 0.05) is 77.7 Å². The maximum absolute atomic E-state index is 13.2. The molecule has 5 fully saturated rings. The quantitative estimate of drug-likeness (QED) is 0.0262. The van der Waals surface area contributed by atoms with Gasteiger partial charge in [-0.1, -0.05) is 404 Å². The number of aromatic nitrogens is 2. The van der Waals surface area contributed by atoms with E-state index in [9.17, 15) is 38.6 Å². The first-order valence-corrected chi connectivity index (χ1v) is 62.0. The van der Waals surface area contributed by atoms with Crippen molar-refractivity contribution in [3.05, 3.63) is 27.9 Å². The minimum absolute atomic E-state index is 0.0139. The average Bonchev–Trinajstić information content (AvgIpc) is 1.66. The number of aryl methyl sites for hydroxylation is 2. The Balaban J connectivity index is -0.000000107. The zero-order valence-corrected chi connectivity index (χ0v) is 103. The number of carbonyl (C=O) groups is 5. The van der Waals surface area contributed by atoms with E-state index in [1.165, 1.54) is 162 Å². The number of ketones is 1. The molecular weight excluding hydrogens is 1810 g/mol. The van der Waals surface area contributed by atoms with Crippen LogP contribution in [0.5, 0.6) is 0 Å². The number of hydrogen-bond acceptors (Lipinski definition) is 21. The maximum atomic E-state index is 13.2. The molecule has 1 saturated carbocycles. The summed E-state index contributed by atoms with van der Waals surface area (Å²) in [6, 6.07) is 0. The maximum Gasteiger partial charge on any atom is 0.349 e. The number of likely N-dealkylation sites (tertiary alicyclic amines) is 2. The fourth-order valence-electron chi connectivity index (χ4n) is 9.71. The second kappa shape index (κ2) is 131. The number of unbranched alkanes of at least 4 members (excludes halogenated alkanes) is 3. The predicted octanol–water partition coefficient (Wildman–Crippen LogP) is 31.8. The standard InChI is InChI=1S/C28H43N4O7PS.C23H43NO11P2S.19C3H8/c1-7-37-40(4,5)39-22-12-24(32-14-17(2)18(3)30-28(32)36)38-23(22)13-29-26(34)20-10-8-19(9-11-20)15-31-16-21(33)25(41-6)27(31)35;1-29-14-15-31-13-10-24-22(25)17-21(23(24)26)38-16-8-6-5-7-11-33-37(4,28)34-18-20-19(9-12-32-20)35-36(3,27)30-2;19*1-3-2/h14,19-20,22-25H,4,7-13,15-16H2,1-3,5-6H3,(H,29,34);19-21,27-28H,3-18H2,1-2H3;19*3H2,1-2H3/t19?,20?,22?,23-,24-,25?,40?;;;;;;;;;;;;;;;;;;;;/m1..................../s1. The van der Waals surface area contributed by atoms with Crippen molar-refractivity contribution in [1.82, 2.24) is 24.7 Å². The number of hydrogen-bond donors (Lipinski definition) is 3. The highest BCUT2D eigenvalue weighted by molar-refractivity contribution is 8.00. The first-order valence-electron chi connectivity index (χ1n) is 53.8. The van der Waals surface area contributed by atoms with Gasteiger partial charge in [0.05, 0.1) is 70.2 Å². The summed E-state index contributed by atoms with van der Waals surface area (Å²) in [6.45, 7) is 91.9. The number of carbonyl (C=O) groups excluding carboxylic acids is 5. The van der Waals surface area contributed by atoms with E-state index in [-0.39, 0.29) is 84.8 Å². The Morgan fingerprint density at radius 3 is 1.35 bits per heavy atom. The molecule has 28 heteroatoms. The van der Waals surface area contributed by atoms with Crippen LogP contribution < -0.4 is 11.0 Å². The molecule has 0 spiro atoms. The molecule has 0 aromatic carbocycles. The van der Waals surface area contributed by atoms with Crippen molar-refractivity contribution in [3.63, 3.8) is 0 Å². The highest BCUT2D eigenvalue weighted by Crippen LogP contribution is 2.49. The van der Waals surface area contributed by atoms with Crippen LogP contribution in [-0.2, 0) is 70.1 Å². The summed E-state index contributed by atoms with van der Waals surface area (Å²) in [4.78, 5) is 102. The van der Waals surface area contributed by atoms with Crippen LogP contribution >= 0.6 is 46.0 Å². The Morgan fingerprint density at radius 1 is 0.522 bits per heavy atom. The van der Waals surface area contributed by atoms with Gasteiger partial charge < -0.3 is 66.1 Å². The van der Waals surface area contributed by atoms with Crippen LogP contribution in [0, 0.1) is 25.7 Å². The van der Waals surface area contributed by atoms with Crippen molar-refractivity contribution >= 4 is 94.3 Å². The molecule has 4 amide bonds. The highest BCUT2D eigenvalue weighted by atomic mass is 32.2. The van der Waals surface area contributed by atoms with Crippen molar-refractivity contribution in [3.8, 4) is 0 Å². The number of methoxy groups -OCH3 is 1. The molecule has 0 radical (unpaired) electrons. The molecule has 1 aromatic rings. The van der Waals surface area contributed by atoms with Crippen LogP contribution in [0.2, 0.25) is 0 Å². The zero-order valence-electron chi connectivity index (χ0n) is 98.5. The monoisotopic (exact) mass is 2050 g/mol. The van der Waals surface area contributed by atoms with Crippen LogP contribution in [0.4, 0.5) is 0 Å². The molecule has 5 aliphatic rings. The molecular formula is C108H238N5O18P3S2. The van der Waals surface area contributed by atoms with Crippen molar-refractivity contribution in [2.45, 2.75) is 518 Å². The van der Waals surface area contributed by atoms with Gasteiger partial charge in [0.1, 0.15) is 31.0 Å². The Hall–Kier alpha value is -2.25. The number of ether oxygens (including phenoxy) is 4. The minimum Gasteiger partial charge on any atom is -0.382 e. The lowest BCUT2D eigenvalue weighted by Crippen LogP contribution is -2.42. The number of thioether (sulfide) groups is 2. The van der Waals surface area contributed by atoms with Gasteiger partial charge in [0.25, 0.3) is 0 Å². The van der Waals surface area contributed by atoms with Gasteiger partial charge >= 0.3 is 5.69 Å². The van der Waals surface area contributed by atoms with E-state index in [2.05, 4.69) is 292 Å². The van der Waals surface area contributed by atoms with Gasteiger partial charge in [-0.15, -0.1) is 23.5 Å². The third-order valence-electron chi connectivity index (χ3n) is 14.1. The number of imide groups is 1. The third kappa shape index (κ3) is 117. The fraction of sp³-hybridized carbons (Fsp3) is 0.889. The molecule has 830 valence electrons. The van der Waals surface area contributed by atoms with Crippen LogP contribution in [0.1, 0.15) is 480 Å². The van der Waals surface area contributed by atoms with Crippen molar-refractivity contribution < 1.29 is 79.8 Å². The van der Waals surface area contributed by atoms with Gasteiger partial charge in [-0.3, -0.25) is 33.4 Å². The molecule has 10 atom stereocenters. The SMILES string of the molecule is C=P(C)(OCC)OC1C[C@H](n2cc(C)c(C)nc2=O)O[C@@H]1CNC(=O)C1CCC(CN2CC(=O)C(SC)C2=O)CC1.C=P(O)(OCCCCCCSC1CC(=O)N(CCOCCOC)C1=O)OCC1OCCC1OP(=C)(O)OC.CCC.CCC.CCC.CCC.CCC.CCC.CCC.CCC.CCC.CCC.CCC.CCC.CCC.CCC.CCC.CCC.CCC.CCC.CCC. The first-order chi connectivity index (χ1) is 64.4. The van der Waals surface area contributed by atoms with Crippen LogP contribution in [-0.4, -0.2) is 218 Å². The Labute approximate surface area is 856 Å². The van der Waals surface area contributed by atoms with Gasteiger partial charge in [-0.25, -0.2) is 4.79 Å². The molecule has 8 unspecified atom stereocenters. The summed E-state index contributed by atoms with van der Waals surface area (Å²) in [5.41, 5.74) is 1.17. The minimum atomic E-state index is -3.27. The lowest BCUT2D eigenvalue weighted by molar-refractivity contribution is -0.139. The molecule has 1 aromatic heterocycles. The van der Waals surface area contributed by atoms with Crippen molar-refractivity contribution in [2.75, 3.05) is 105 Å². The van der Waals surface area contributed by atoms with Crippen molar-refractivity contribution in [1.29, 1.82) is 0 Å². The second-order valence-corrected chi connectivity index (χ2v) is 42.1. The summed E-state index contributed by atoms with van der Waals surface area (Å²) in [7, 11) is -5.90. The molecule has 3 N–H and O–H groups in total. The summed E-state index contributed by atoms with van der Waals surface area (Å²) in [5, 5.41) is 2.17. The van der Waals surface area contributed by atoms with Crippen molar-refractivity contribution in [2.24, 2.45) is 11.8 Å². The summed E-state index contributed by atoms with van der Waals surface area (Å²) in [5.74, 6) is 0.532. The van der Waals surface area contributed by atoms with E-state index in [0.29, 0.717) is 64.7 Å². The lowest BCUT2D eigenvalue weighted by atomic mass is 9.81. The molecule has 23 nitrogen and oxygen atoms in total. The summed E-state index contributed by atoms with van der Waals surface area (Å²) in [6.07, 6.45) is 43.9. The van der Waals surface area contributed by atoms with Crippen LogP contribution in [0.25, 0.3) is 0 Å². The largest absolute Gasteiger partial charge is 0.382 e. The number of rotatable bonds is 32. The first kappa shape index (κ1) is 167. The fourth-order valence-corrected chi connectivity index (χ4v) is 14.6. The molecule has 0 bridgehead atoms. The van der Waals surface area contributed by atoms with Gasteiger partial charge in [-0.2, -0.15) is 4.98 Å². The normalized spacial score (nSPS) is 18.6. The van der Waals surface area contributed by atoms with Crippen LogP contribution in [0.15, 0.2) is 11.0 Å². The topological polar surface area (TPSA) is 272 Å². The highest BCUT2D eigenvalue weighted by Gasteiger charge is 2.43. The molecule has 4 aliphatic heterocycles. The number of nitrogens with one attached hydrogen (secondary N) is 1. The van der Waals surface area contributed by atoms with Crippen LogP contribution in [0.3, 0.4) is 0 Å². The van der Waals surface area contributed by atoms with E-state index in [0.717, 1.165) is 62.7 Å². The molecule has 4 saturated heterocycles. The van der Waals surface area contributed by atoms with Gasteiger partial charge in [0.2, 0.25) is 38.8 Å². The Kier molecular flexibility index (Phi) is 161. The number of Topliss-reactive ketones (excluding diaryl/α,β-unsaturated/α-hetero) is 1. The Bertz CT molecular complexity index is 2680. The molecule has 136 heavy (non-hydrogen) atoms. The summed E-state index contributed by atoms with van der Waals surface area (Å²) < 4.78 is 56.9. The average molecular weight is 2050 g/mol. The third-order valence-corrected chi connectivity index (χ3v) is 20.2. The summed E-state index contributed by atoms with van der Waals surface area (Å²) >= 11 is 2.82. The Morgan fingerprint density at radius 2 is 0.949 bits per heavy atom. The lowest BCUT2D eigenvalue weighted by Gasteiger charge is -2.31. The molecule has 6 rings (SSSR count). The van der Waals surface area contributed by atoms with E-state index < -0.39 is 58.4 Å². The second-order valence-electron chi connectivity index (χ2n) is 33.7. The molecule has 5 heterocycles. The van der Waals surface area contributed by atoms with Gasteiger partial charge in [-0.05, 0) is 95.4 Å². The predicted molar refractivity (Wildman–Crippen MR) is 613 cm³/mol. The number of amides is 4. The zero-order chi connectivity index (χ0) is 109. The molecule has 1 aliphatic carbocycles. The van der Waals surface area contributed by atoms with E-state index in [4.69, 9.17) is 46.1 Å².